The molecule has 2 amide bonds. The Kier molecular flexibility index (Phi) is 10.3. The summed E-state index contributed by atoms with van der Waals surface area (Å²) in [5.41, 5.74) is 3.71. The normalized spacial score (nSPS) is 22.9. The van der Waals surface area contributed by atoms with Crippen LogP contribution in [0.5, 0.6) is 5.75 Å². The van der Waals surface area contributed by atoms with Gasteiger partial charge in [-0.25, -0.2) is 14.8 Å². The number of rotatable bonds is 9. The molecule has 0 bridgehead atoms. The predicted octanol–water partition coefficient (Wildman–Crippen LogP) is 6.42. The molecule has 1 aliphatic heterocycles. The van der Waals surface area contributed by atoms with E-state index in [0.29, 0.717) is 68.6 Å². The van der Waals surface area contributed by atoms with Crippen LogP contribution < -0.4 is 9.64 Å². The monoisotopic (exact) mass is 655 g/mol. The summed E-state index contributed by atoms with van der Waals surface area (Å²) < 4.78 is 16.7. The van der Waals surface area contributed by atoms with E-state index in [1.807, 2.05) is 55.1 Å². The Hall–Kier alpha value is -4.43. The van der Waals surface area contributed by atoms with Gasteiger partial charge in [0.1, 0.15) is 24.1 Å². The van der Waals surface area contributed by atoms with E-state index in [0.717, 1.165) is 48.3 Å². The zero-order valence-electron chi connectivity index (χ0n) is 28.0. The summed E-state index contributed by atoms with van der Waals surface area (Å²) in [7, 11) is 1.54. The maximum atomic E-state index is 14.4. The molecule has 11 heteroatoms. The lowest BCUT2D eigenvalue weighted by molar-refractivity contribution is -0.124. The largest absolute Gasteiger partial charge is 0.494 e. The minimum Gasteiger partial charge on any atom is -0.494 e. The molecule has 0 atom stereocenters. The van der Waals surface area contributed by atoms with E-state index in [4.69, 9.17) is 13.9 Å². The lowest BCUT2D eigenvalue weighted by Gasteiger charge is -2.38. The van der Waals surface area contributed by atoms with Crippen LogP contribution in [0.1, 0.15) is 94.3 Å². The summed E-state index contributed by atoms with van der Waals surface area (Å²) in [5.74, 6) is 1.83. The number of carbonyl (C=O) groups is 2. The van der Waals surface area contributed by atoms with Crippen molar-refractivity contribution >= 4 is 17.7 Å². The van der Waals surface area contributed by atoms with Crippen LogP contribution in [0, 0.1) is 23.2 Å². The van der Waals surface area contributed by atoms with Gasteiger partial charge in [0.2, 0.25) is 5.91 Å². The SMILES string of the molecule is COc1ccc(C2CCC(CN(C(=O)C3CCC(OC(=O)N4CC(O)C4)CC3)c3cccc(-c4coc(C(C)C)n4)c3)CC2)nc1C#N. The smallest absolute Gasteiger partial charge is 0.410 e. The minimum absolute atomic E-state index is 0.100. The highest BCUT2D eigenvalue weighted by Gasteiger charge is 2.36. The third-order valence-electron chi connectivity index (χ3n) is 10.1. The Labute approximate surface area is 281 Å². The van der Waals surface area contributed by atoms with Crippen LogP contribution in [0.3, 0.4) is 0 Å². The number of carbonyl (C=O) groups excluding carboxylic acids is 2. The molecule has 11 nitrogen and oxygen atoms in total. The number of pyridine rings is 1. The van der Waals surface area contributed by atoms with Crippen LogP contribution in [0.2, 0.25) is 0 Å². The van der Waals surface area contributed by atoms with Crippen LogP contribution in [-0.4, -0.2) is 70.9 Å². The number of amides is 2. The third kappa shape index (κ3) is 7.49. The molecule has 2 saturated carbocycles. The number of β-amino-alcohol motifs (C(OH)–C–C–N with tert-alkyl or cyclic N) is 1. The Morgan fingerprint density at radius 2 is 1.81 bits per heavy atom. The zero-order valence-corrected chi connectivity index (χ0v) is 28.0. The number of hydrogen-bond donors (Lipinski definition) is 1. The van der Waals surface area contributed by atoms with Crippen molar-refractivity contribution < 1.29 is 28.6 Å². The maximum Gasteiger partial charge on any atom is 0.410 e. The first-order valence-electron chi connectivity index (χ1n) is 17.2. The molecule has 2 aliphatic carbocycles. The topological polar surface area (TPSA) is 142 Å². The molecule has 0 radical (unpaired) electrons. The van der Waals surface area contributed by atoms with Crippen molar-refractivity contribution in [3.63, 3.8) is 0 Å². The molecule has 3 aliphatic rings. The van der Waals surface area contributed by atoms with Gasteiger partial charge < -0.3 is 28.8 Å². The molecule has 1 N–H and O–H groups in total. The lowest BCUT2D eigenvalue weighted by atomic mass is 9.79. The van der Waals surface area contributed by atoms with Crippen LogP contribution in [0.4, 0.5) is 10.5 Å². The molecular formula is C37H45N5O6. The number of aliphatic hydroxyl groups excluding tert-OH is 1. The molecule has 1 aromatic carbocycles. The number of anilines is 1. The molecule has 3 fully saturated rings. The quantitative estimate of drug-likeness (QED) is 0.276. The molecule has 2 aromatic heterocycles. The van der Waals surface area contributed by atoms with Crippen molar-refractivity contribution in [2.75, 3.05) is 31.6 Å². The summed E-state index contributed by atoms with van der Waals surface area (Å²) in [6.07, 6.45) is 6.91. The van der Waals surface area contributed by atoms with E-state index in [9.17, 15) is 20.0 Å². The highest BCUT2D eigenvalue weighted by molar-refractivity contribution is 5.95. The number of oxazole rings is 1. The number of aliphatic hydroxyl groups is 1. The average molecular weight is 656 g/mol. The fourth-order valence-electron chi connectivity index (χ4n) is 7.14. The first kappa shape index (κ1) is 33.5. The average Bonchev–Trinajstić information content (AvgIpc) is 3.60. The van der Waals surface area contributed by atoms with E-state index in [-0.39, 0.29) is 35.9 Å². The van der Waals surface area contributed by atoms with Gasteiger partial charge in [-0.1, -0.05) is 26.0 Å². The molecule has 3 aromatic rings. The van der Waals surface area contributed by atoms with Gasteiger partial charge in [0, 0.05) is 41.2 Å². The highest BCUT2D eigenvalue weighted by atomic mass is 16.6. The molecule has 254 valence electrons. The summed E-state index contributed by atoms with van der Waals surface area (Å²) in [6.45, 7) is 5.32. The summed E-state index contributed by atoms with van der Waals surface area (Å²) in [4.78, 5) is 39.5. The lowest BCUT2D eigenvalue weighted by Crippen LogP contribution is -2.54. The number of hydrogen-bond acceptors (Lipinski definition) is 9. The summed E-state index contributed by atoms with van der Waals surface area (Å²) >= 11 is 0. The molecule has 48 heavy (non-hydrogen) atoms. The van der Waals surface area contributed by atoms with Crippen molar-refractivity contribution in [1.29, 1.82) is 5.26 Å². The number of methoxy groups -OCH3 is 1. The second-order valence-corrected chi connectivity index (χ2v) is 13.8. The van der Waals surface area contributed by atoms with E-state index in [1.165, 1.54) is 4.90 Å². The number of ether oxygens (including phenoxy) is 2. The van der Waals surface area contributed by atoms with Crippen LogP contribution in [0.15, 0.2) is 47.1 Å². The van der Waals surface area contributed by atoms with Crippen molar-refractivity contribution in [3.05, 3.63) is 59.9 Å². The zero-order chi connectivity index (χ0) is 33.8. The summed E-state index contributed by atoms with van der Waals surface area (Å²) in [6, 6.07) is 13.9. The van der Waals surface area contributed by atoms with Crippen molar-refractivity contribution in [1.82, 2.24) is 14.9 Å². The number of benzene rings is 1. The Morgan fingerprint density at radius 3 is 2.46 bits per heavy atom. The second kappa shape index (κ2) is 14.8. The van der Waals surface area contributed by atoms with Gasteiger partial charge in [0.15, 0.2) is 17.3 Å². The van der Waals surface area contributed by atoms with E-state index < -0.39 is 6.10 Å². The maximum absolute atomic E-state index is 14.4. The first-order chi connectivity index (χ1) is 23.2. The Balaban J connectivity index is 1.15. The van der Waals surface area contributed by atoms with E-state index >= 15 is 0 Å². The van der Waals surface area contributed by atoms with Gasteiger partial charge in [0.25, 0.3) is 0 Å². The molecule has 1 saturated heterocycles. The second-order valence-electron chi connectivity index (χ2n) is 13.8. The molecule has 0 unspecified atom stereocenters. The Morgan fingerprint density at radius 1 is 1.06 bits per heavy atom. The van der Waals surface area contributed by atoms with E-state index in [1.54, 1.807) is 13.4 Å². The Bertz CT molecular complexity index is 1630. The highest BCUT2D eigenvalue weighted by Crippen LogP contribution is 2.38. The standard InChI is InChI=1S/C37H45N5O6/c1-23(2)35-40-33(22-47-35)27-5-4-6-28(17-27)42(36(44)26-11-13-30(14-12-26)48-37(45)41-20-29(43)21-41)19-24-7-9-25(10-8-24)31-15-16-34(46-3)32(18-38)39-31/h4-6,15-17,22-26,29-30,43H,7-14,19-21H2,1-3H3. The van der Waals surface area contributed by atoms with Gasteiger partial charge in [-0.15, -0.1) is 0 Å². The van der Waals surface area contributed by atoms with Gasteiger partial charge in [0.05, 0.1) is 26.3 Å². The van der Waals surface area contributed by atoms with Crippen molar-refractivity contribution in [3.8, 4) is 23.1 Å². The molecule has 0 spiro atoms. The third-order valence-corrected chi connectivity index (χ3v) is 10.1. The predicted molar refractivity (Wildman–Crippen MR) is 178 cm³/mol. The van der Waals surface area contributed by atoms with Crippen LogP contribution >= 0.6 is 0 Å². The van der Waals surface area contributed by atoms with Gasteiger partial charge >= 0.3 is 6.09 Å². The number of aromatic nitrogens is 2. The summed E-state index contributed by atoms with van der Waals surface area (Å²) in [5, 5.41) is 19.0. The fraction of sp³-hybridized carbons (Fsp3) is 0.541. The van der Waals surface area contributed by atoms with Gasteiger partial charge in [-0.2, -0.15) is 5.26 Å². The molecule has 3 heterocycles. The van der Waals surface area contributed by atoms with Gasteiger partial charge in [-0.3, -0.25) is 4.79 Å². The number of likely N-dealkylation sites (tertiary alicyclic amines) is 1. The molecule has 6 rings (SSSR count). The van der Waals surface area contributed by atoms with Gasteiger partial charge in [-0.05, 0) is 81.5 Å². The fourth-order valence-corrected chi connectivity index (χ4v) is 7.14. The van der Waals surface area contributed by atoms with E-state index in [2.05, 4.69) is 16.0 Å². The van der Waals surface area contributed by atoms with Crippen LogP contribution in [0.25, 0.3) is 11.3 Å². The number of nitrogens with zero attached hydrogens (tertiary/aromatic N) is 5. The number of nitriles is 1. The van der Waals surface area contributed by atoms with Crippen molar-refractivity contribution in [2.45, 2.75) is 89.3 Å². The minimum atomic E-state index is -0.470. The first-order valence-corrected chi connectivity index (χ1v) is 17.2. The van der Waals surface area contributed by atoms with Crippen LogP contribution in [-0.2, 0) is 9.53 Å². The molecular weight excluding hydrogens is 610 g/mol. The van der Waals surface area contributed by atoms with Crippen molar-refractivity contribution in [2.24, 2.45) is 11.8 Å².